The largest absolute Gasteiger partial charge is 0.477 e. The van der Waals surface area contributed by atoms with Gasteiger partial charge in [-0.3, -0.25) is 5.32 Å². The number of alkyl halides is 3. The highest BCUT2D eigenvalue weighted by molar-refractivity contribution is 7.13. The van der Waals surface area contributed by atoms with Crippen LogP contribution in [0.15, 0.2) is 29.9 Å². The summed E-state index contributed by atoms with van der Waals surface area (Å²) in [6.07, 6.45) is -1.49. The molecule has 14 heteroatoms. The molecule has 39 heavy (non-hydrogen) atoms. The van der Waals surface area contributed by atoms with Gasteiger partial charge >= 0.3 is 12.2 Å². The number of amides is 2. The molecular weight excluding hydrogens is 539 g/mol. The summed E-state index contributed by atoms with van der Waals surface area (Å²) in [5.41, 5.74) is 0.238. The standard InChI is InChI=1S/C25H28F3N5O5S/c1-3-29-24(35)33-20-9-17(22-32-19(13-39-22)25(26,27)28)18(11-30-20)16-8-15(23(34)36-2)10-31-21(16)38-12-14-4-6-37-7-5-14/h8-11,13-14,23,34H,3-7,12H2,1-2H3,(H2,29,30,33,35). The summed E-state index contributed by atoms with van der Waals surface area (Å²) in [7, 11) is 1.32. The average Bonchev–Trinajstić information content (AvgIpc) is 3.43. The number of ether oxygens (including phenoxy) is 3. The number of urea groups is 1. The number of hydrogen-bond acceptors (Lipinski definition) is 9. The minimum atomic E-state index is -4.63. The molecule has 3 aromatic rings. The molecule has 1 fully saturated rings. The van der Waals surface area contributed by atoms with Crippen molar-refractivity contribution in [3.05, 3.63) is 41.2 Å². The number of nitrogens with zero attached hydrogens (tertiary/aromatic N) is 3. The van der Waals surface area contributed by atoms with E-state index in [1.54, 1.807) is 13.0 Å². The maximum Gasteiger partial charge on any atom is 0.434 e. The van der Waals surface area contributed by atoms with Crippen molar-refractivity contribution in [2.45, 2.75) is 32.2 Å². The zero-order chi connectivity index (χ0) is 28.0. The van der Waals surface area contributed by atoms with Crippen LogP contribution < -0.4 is 15.4 Å². The molecule has 1 saturated heterocycles. The molecule has 2 amide bonds. The molecule has 4 heterocycles. The fourth-order valence-corrected chi connectivity index (χ4v) is 4.78. The summed E-state index contributed by atoms with van der Waals surface area (Å²) >= 11 is 0.797. The van der Waals surface area contributed by atoms with Crippen molar-refractivity contribution >= 4 is 23.2 Å². The van der Waals surface area contributed by atoms with Gasteiger partial charge < -0.3 is 24.6 Å². The Kier molecular flexibility index (Phi) is 9.32. The number of methoxy groups -OCH3 is 1. The van der Waals surface area contributed by atoms with Gasteiger partial charge in [0, 0.05) is 66.9 Å². The van der Waals surface area contributed by atoms with E-state index in [9.17, 15) is 23.1 Å². The molecule has 1 aliphatic heterocycles. The number of thiazole rings is 1. The van der Waals surface area contributed by atoms with E-state index >= 15 is 0 Å². The van der Waals surface area contributed by atoms with Crippen LogP contribution in [0.3, 0.4) is 0 Å². The van der Waals surface area contributed by atoms with Crippen LogP contribution in [0, 0.1) is 5.92 Å². The van der Waals surface area contributed by atoms with Gasteiger partial charge in [0.15, 0.2) is 12.0 Å². The second kappa shape index (κ2) is 12.7. The number of nitrogens with one attached hydrogen (secondary N) is 2. The van der Waals surface area contributed by atoms with Crippen LogP contribution in [0.4, 0.5) is 23.8 Å². The summed E-state index contributed by atoms with van der Waals surface area (Å²) < 4.78 is 56.7. The minimum absolute atomic E-state index is 0.0479. The minimum Gasteiger partial charge on any atom is -0.477 e. The van der Waals surface area contributed by atoms with Crippen LogP contribution in [-0.4, -0.2) is 59.6 Å². The maximum absolute atomic E-state index is 13.4. The lowest BCUT2D eigenvalue weighted by Gasteiger charge is -2.23. The van der Waals surface area contributed by atoms with Gasteiger partial charge in [0.1, 0.15) is 10.8 Å². The van der Waals surface area contributed by atoms with Crippen LogP contribution in [0.2, 0.25) is 0 Å². The van der Waals surface area contributed by atoms with Crippen LogP contribution in [0.1, 0.15) is 37.3 Å². The number of rotatable bonds is 9. The Balaban J connectivity index is 1.80. The SMILES string of the molecule is CCNC(=O)Nc1cc(-c2nc(C(F)(F)F)cs2)c(-c2cc(C(O)OC)cnc2OCC2CCOCC2)cn1. The molecule has 0 aliphatic carbocycles. The van der Waals surface area contributed by atoms with Crippen molar-refractivity contribution in [1.29, 1.82) is 0 Å². The van der Waals surface area contributed by atoms with Gasteiger partial charge in [0.25, 0.3) is 0 Å². The van der Waals surface area contributed by atoms with Crippen LogP contribution in [0.25, 0.3) is 21.7 Å². The zero-order valence-corrected chi connectivity index (χ0v) is 22.1. The van der Waals surface area contributed by atoms with E-state index in [-0.39, 0.29) is 28.2 Å². The number of aliphatic hydroxyl groups excluding tert-OH is 1. The van der Waals surface area contributed by atoms with Crippen LogP contribution in [0.5, 0.6) is 5.88 Å². The smallest absolute Gasteiger partial charge is 0.434 e. The fourth-order valence-electron chi connectivity index (χ4n) is 3.92. The Bertz CT molecular complexity index is 1280. The van der Waals surface area contributed by atoms with Gasteiger partial charge in [-0.15, -0.1) is 11.3 Å². The van der Waals surface area contributed by atoms with Crippen molar-refractivity contribution in [2.24, 2.45) is 5.92 Å². The maximum atomic E-state index is 13.4. The van der Waals surface area contributed by atoms with E-state index in [0.29, 0.717) is 43.1 Å². The molecule has 1 atom stereocenters. The van der Waals surface area contributed by atoms with Gasteiger partial charge in [-0.2, -0.15) is 13.2 Å². The molecule has 0 saturated carbocycles. The zero-order valence-electron chi connectivity index (χ0n) is 21.2. The fraction of sp³-hybridized carbons (Fsp3) is 0.440. The third kappa shape index (κ3) is 7.20. The highest BCUT2D eigenvalue weighted by atomic mass is 32.1. The summed E-state index contributed by atoms with van der Waals surface area (Å²) in [6.45, 7) is 3.73. The van der Waals surface area contributed by atoms with E-state index in [0.717, 1.165) is 29.6 Å². The molecule has 3 N–H and O–H groups in total. The highest BCUT2D eigenvalue weighted by Gasteiger charge is 2.34. The lowest BCUT2D eigenvalue weighted by atomic mass is 10.0. The Morgan fingerprint density at radius 2 is 1.97 bits per heavy atom. The summed E-state index contributed by atoms with van der Waals surface area (Å²) in [5, 5.41) is 16.4. The number of aliphatic hydroxyl groups is 1. The monoisotopic (exact) mass is 567 g/mol. The third-order valence-electron chi connectivity index (χ3n) is 5.98. The topological polar surface area (TPSA) is 128 Å². The molecule has 1 aliphatic rings. The molecule has 4 rings (SSSR count). The third-order valence-corrected chi connectivity index (χ3v) is 6.85. The molecule has 3 aromatic heterocycles. The van der Waals surface area contributed by atoms with Gasteiger partial charge in [0.05, 0.1) is 6.61 Å². The Morgan fingerprint density at radius 1 is 1.21 bits per heavy atom. The predicted octanol–water partition coefficient (Wildman–Crippen LogP) is 4.87. The molecule has 0 bridgehead atoms. The number of hydrogen-bond donors (Lipinski definition) is 3. The summed E-state index contributed by atoms with van der Waals surface area (Å²) in [5.74, 6) is 0.551. The number of anilines is 1. The van der Waals surface area contributed by atoms with E-state index in [1.165, 1.54) is 25.6 Å². The molecule has 0 aromatic carbocycles. The first-order valence-electron chi connectivity index (χ1n) is 12.2. The molecule has 10 nitrogen and oxygen atoms in total. The lowest BCUT2D eigenvalue weighted by Crippen LogP contribution is -2.28. The van der Waals surface area contributed by atoms with E-state index in [1.807, 2.05) is 0 Å². The molecule has 0 radical (unpaired) electrons. The first-order chi connectivity index (χ1) is 18.7. The molecule has 210 valence electrons. The van der Waals surface area contributed by atoms with Crippen molar-refractivity contribution < 1.29 is 37.3 Å². The predicted molar refractivity (Wildman–Crippen MR) is 137 cm³/mol. The first-order valence-corrected chi connectivity index (χ1v) is 13.1. The van der Waals surface area contributed by atoms with Gasteiger partial charge in [-0.05, 0) is 37.8 Å². The van der Waals surface area contributed by atoms with E-state index in [2.05, 4.69) is 25.6 Å². The number of carbonyl (C=O) groups excluding carboxylic acids is 1. The van der Waals surface area contributed by atoms with Gasteiger partial charge in [-0.25, -0.2) is 19.7 Å². The molecule has 1 unspecified atom stereocenters. The lowest BCUT2D eigenvalue weighted by molar-refractivity contribution is -0.140. The number of halogens is 3. The van der Waals surface area contributed by atoms with Crippen molar-refractivity contribution in [3.8, 4) is 27.6 Å². The molecule has 0 spiro atoms. The summed E-state index contributed by atoms with van der Waals surface area (Å²) in [4.78, 5) is 24.6. The van der Waals surface area contributed by atoms with Gasteiger partial charge in [0.2, 0.25) is 5.88 Å². The van der Waals surface area contributed by atoms with Crippen LogP contribution in [-0.2, 0) is 15.7 Å². The van der Waals surface area contributed by atoms with Crippen LogP contribution >= 0.6 is 11.3 Å². The highest BCUT2D eigenvalue weighted by Crippen LogP contribution is 2.41. The average molecular weight is 568 g/mol. The Morgan fingerprint density at radius 3 is 2.64 bits per heavy atom. The number of carbonyl (C=O) groups is 1. The normalized spacial score (nSPS) is 15.1. The van der Waals surface area contributed by atoms with E-state index < -0.39 is 24.2 Å². The number of pyridine rings is 2. The van der Waals surface area contributed by atoms with Crippen molar-refractivity contribution in [2.75, 3.05) is 38.8 Å². The van der Waals surface area contributed by atoms with Gasteiger partial charge in [-0.1, -0.05) is 0 Å². The second-order valence-corrected chi connectivity index (χ2v) is 9.57. The summed E-state index contributed by atoms with van der Waals surface area (Å²) in [6, 6.07) is 2.49. The second-order valence-electron chi connectivity index (χ2n) is 8.71. The first kappa shape index (κ1) is 28.7. The number of aromatic nitrogens is 3. The van der Waals surface area contributed by atoms with Crippen molar-refractivity contribution in [1.82, 2.24) is 20.3 Å². The Hall–Kier alpha value is -3.33. The van der Waals surface area contributed by atoms with E-state index in [4.69, 9.17) is 14.2 Å². The van der Waals surface area contributed by atoms with Crippen molar-refractivity contribution in [3.63, 3.8) is 0 Å². The molecular formula is C25H28F3N5O5S. The quantitative estimate of drug-likeness (QED) is 0.313. The Labute approximate surface area is 226 Å².